The molecule has 0 radical (unpaired) electrons. The second kappa shape index (κ2) is 5.22. The van der Waals surface area contributed by atoms with Gasteiger partial charge < -0.3 is 9.84 Å². The van der Waals surface area contributed by atoms with Gasteiger partial charge in [0.15, 0.2) is 5.82 Å². The maximum absolute atomic E-state index is 13.7. The molecule has 1 heterocycles. The molecule has 0 amide bonds. The van der Waals surface area contributed by atoms with Crippen LogP contribution in [0.3, 0.4) is 0 Å². The fourth-order valence-corrected chi connectivity index (χ4v) is 1.53. The first kappa shape index (κ1) is 12.6. The summed E-state index contributed by atoms with van der Waals surface area (Å²) in [5, 5.41) is 6.23. The predicted octanol–water partition coefficient (Wildman–Crippen LogP) is 2.26. The summed E-state index contributed by atoms with van der Waals surface area (Å²) in [6.07, 6.45) is 0. The van der Waals surface area contributed by atoms with Crippen molar-refractivity contribution in [1.82, 2.24) is 15.5 Å². The fraction of sp³-hybridized carbons (Fsp3) is 0.333. The van der Waals surface area contributed by atoms with Gasteiger partial charge in [-0.25, -0.2) is 0 Å². The first-order chi connectivity index (χ1) is 8.58. The van der Waals surface area contributed by atoms with Crippen molar-refractivity contribution in [3.05, 3.63) is 47.6 Å². The highest BCUT2D eigenvalue weighted by molar-refractivity contribution is 5.20. The van der Waals surface area contributed by atoms with Crippen molar-refractivity contribution in [2.75, 3.05) is 6.54 Å². The first-order valence-corrected chi connectivity index (χ1v) is 5.51. The summed E-state index contributed by atoms with van der Waals surface area (Å²) in [5.41, 5.74) is -0.0122. The second-order valence-corrected chi connectivity index (χ2v) is 3.90. The van der Waals surface area contributed by atoms with Crippen LogP contribution in [0.2, 0.25) is 0 Å². The Hall–Kier alpha value is -1.82. The van der Waals surface area contributed by atoms with E-state index in [1.54, 1.807) is 25.1 Å². The van der Waals surface area contributed by atoms with Crippen LogP contribution in [-0.2, 0) is 12.5 Å². The monoisotopic (exact) mass is 253 g/mol. The number of hydrogen-bond donors (Lipinski definition) is 1. The summed E-state index contributed by atoms with van der Waals surface area (Å²) in [6, 6.07) is 7.69. The van der Waals surface area contributed by atoms with E-state index in [2.05, 4.69) is 15.5 Å². The third kappa shape index (κ3) is 3.10. The number of rotatable bonds is 5. The summed E-state index contributed by atoms with van der Waals surface area (Å²) in [7, 11) is 0. The Kier molecular flexibility index (Phi) is 3.66. The summed E-state index contributed by atoms with van der Waals surface area (Å²) in [4.78, 5) is 3.92. The average molecular weight is 253 g/mol. The molecule has 0 aliphatic heterocycles. The molecule has 0 unspecified atom stereocenters. The van der Waals surface area contributed by atoms with Gasteiger partial charge in [-0.05, 0) is 0 Å². The predicted molar refractivity (Wildman–Crippen MR) is 61.1 cm³/mol. The van der Waals surface area contributed by atoms with Crippen LogP contribution >= 0.6 is 0 Å². The Morgan fingerprint density at radius 3 is 2.61 bits per heavy atom. The van der Waals surface area contributed by atoms with Gasteiger partial charge in [0.2, 0.25) is 5.89 Å². The lowest BCUT2D eigenvalue weighted by Gasteiger charge is -2.16. The molecule has 0 saturated heterocycles. The van der Waals surface area contributed by atoms with Crippen molar-refractivity contribution in [3.63, 3.8) is 0 Å². The van der Waals surface area contributed by atoms with Crippen LogP contribution in [0, 0.1) is 6.92 Å². The smallest absolute Gasteiger partial charge is 0.285 e. The van der Waals surface area contributed by atoms with Gasteiger partial charge in [-0.3, -0.25) is 0 Å². The third-order valence-electron chi connectivity index (χ3n) is 2.40. The number of benzene rings is 1. The molecule has 1 aromatic carbocycles. The van der Waals surface area contributed by atoms with Crippen LogP contribution in [0.1, 0.15) is 17.3 Å². The van der Waals surface area contributed by atoms with Crippen molar-refractivity contribution in [2.45, 2.75) is 19.4 Å². The molecule has 96 valence electrons. The average Bonchev–Trinajstić information content (AvgIpc) is 2.76. The quantitative estimate of drug-likeness (QED) is 0.888. The Labute approximate surface area is 103 Å². The number of hydrogen-bond acceptors (Lipinski definition) is 4. The standard InChI is InChI=1S/C12H13F2N3O/c1-9-16-11(17-18-9)7-15-8-12(13,14)10-5-3-2-4-6-10/h2-6,15H,7-8H2,1H3. The van der Waals surface area contributed by atoms with E-state index in [-0.39, 0.29) is 12.1 Å². The summed E-state index contributed by atoms with van der Waals surface area (Å²) in [5.74, 6) is -2.13. The number of nitrogens with one attached hydrogen (secondary N) is 1. The van der Waals surface area contributed by atoms with Crippen molar-refractivity contribution in [1.29, 1.82) is 0 Å². The SMILES string of the molecule is Cc1nc(CNCC(F)(F)c2ccccc2)no1. The number of alkyl halides is 2. The van der Waals surface area contributed by atoms with Gasteiger partial charge in [0.05, 0.1) is 13.1 Å². The van der Waals surface area contributed by atoms with Gasteiger partial charge in [0.25, 0.3) is 5.92 Å². The number of aromatic nitrogens is 2. The van der Waals surface area contributed by atoms with Gasteiger partial charge >= 0.3 is 0 Å². The Balaban J connectivity index is 1.89. The van der Waals surface area contributed by atoms with Crippen LogP contribution in [-0.4, -0.2) is 16.7 Å². The normalized spacial score (nSPS) is 11.7. The number of aryl methyl sites for hydroxylation is 1. The topological polar surface area (TPSA) is 51.0 Å². The molecule has 0 saturated carbocycles. The molecular formula is C12H13F2N3O. The van der Waals surface area contributed by atoms with Crippen LogP contribution in [0.4, 0.5) is 8.78 Å². The second-order valence-electron chi connectivity index (χ2n) is 3.90. The van der Waals surface area contributed by atoms with Crippen molar-refractivity contribution in [3.8, 4) is 0 Å². The van der Waals surface area contributed by atoms with Gasteiger partial charge in [0, 0.05) is 12.5 Å². The molecule has 1 aromatic heterocycles. The minimum absolute atomic E-state index is 0.0122. The van der Waals surface area contributed by atoms with Crippen LogP contribution in [0.5, 0.6) is 0 Å². The third-order valence-corrected chi connectivity index (χ3v) is 2.40. The minimum atomic E-state index is -2.92. The minimum Gasteiger partial charge on any atom is -0.340 e. The van der Waals surface area contributed by atoms with E-state index in [0.29, 0.717) is 11.7 Å². The molecule has 0 aliphatic carbocycles. The lowest BCUT2D eigenvalue weighted by Crippen LogP contribution is -2.30. The molecule has 2 rings (SSSR count). The first-order valence-electron chi connectivity index (χ1n) is 5.51. The summed E-state index contributed by atoms with van der Waals surface area (Å²) < 4.78 is 32.2. The largest absolute Gasteiger partial charge is 0.340 e. The highest BCUT2D eigenvalue weighted by atomic mass is 19.3. The molecule has 0 bridgehead atoms. The summed E-state index contributed by atoms with van der Waals surface area (Å²) >= 11 is 0. The van der Waals surface area contributed by atoms with Gasteiger partial charge in [0.1, 0.15) is 0 Å². The lowest BCUT2D eigenvalue weighted by molar-refractivity contribution is -0.00360. The fourth-order valence-electron chi connectivity index (χ4n) is 1.53. The molecule has 4 nitrogen and oxygen atoms in total. The van der Waals surface area contributed by atoms with E-state index in [1.807, 2.05) is 0 Å². The van der Waals surface area contributed by atoms with E-state index in [0.717, 1.165) is 0 Å². The molecule has 0 atom stereocenters. The lowest BCUT2D eigenvalue weighted by atomic mass is 10.1. The highest BCUT2D eigenvalue weighted by Gasteiger charge is 2.30. The van der Waals surface area contributed by atoms with Gasteiger partial charge in [-0.1, -0.05) is 35.5 Å². The van der Waals surface area contributed by atoms with Crippen LogP contribution in [0.25, 0.3) is 0 Å². The molecule has 0 aliphatic rings. The molecule has 2 aromatic rings. The maximum Gasteiger partial charge on any atom is 0.285 e. The van der Waals surface area contributed by atoms with Crippen LogP contribution < -0.4 is 5.32 Å². The zero-order chi connectivity index (χ0) is 13.0. The van der Waals surface area contributed by atoms with Crippen LogP contribution in [0.15, 0.2) is 34.9 Å². The number of halogens is 2. The molecule has 0 fully saturated rings. The molecule has 6 heteroatoms. The van der Waals surface area contributed by atoms with Gasteiger partial charge in [-0.15, -0.1) is 0 Å². The van der Waals surface area contributed by atoms with Crippen molar-refractivity contribution >= 4 is 0 Å². The molecule has 0 spiro atoms. The summed E-state index contributed by atoms with van der Waals surface area (Å²) in [6.45, 7) is 1.33. The Morgan fingerprint density at radius 2 is 2.00 bits per heavy atom. The Morgan fingerprint density at radius 1 is 1.28 bits per heavy atom. The molecule has 18 heavy (non-hydrogen) atoms. The van der Waals surface area contributed by atoms with Crippen molar-refractivity contribution in [2.24, 2.45) is 0 Å². The zero-order valence-electron chi connectivity index (χ0n) is 9.86. The van der Waals surface area contributed by atoms with Gasteiger partial charge in [-0.2, -0.15) is 13.8 Å². The molecular weight excluding hydrogens is 240 g/mol. The van der Waals surface area contributed by atoms with E-state index >= 15 is 0 Å². The molecule has 1 N–H and O–H groups in total. The Bertz CT molecular complexity index is 499. The van der Waals surface area contributed by atoms with E-state index in [1.165, 1.54) is 12.1 Å². The zero-order valence-corrected chi connectivity index (χ0v) is 9.86. The number of nitrogens with zero attached hydrogens (tertiary/aromatic N) is 2. The highest BCUT2D eigenvalue weighted by Crippen LogP contribution is 2.26. The van der Waals surface area contributed by atoms with E-state index < -0.39 is 12.5 Å². The maximum atomic E-state index is 13.7. The van der Waals surface area contributed by atoms with E-state index in [4.69, 9.17) is 4.52 Å². The van der Waals surface area contributed by atoms with Crippen molar-refractivity contribution < 1.29 is 13.3 Å². The van der Waals surface area contributed by atoms with E-state index in [9.17, 15) is 8.78 Å².